The second-order valence-corrected chi connectivity index (χ2v) is 6.76. The molecular weight excluding hydrogens is 453 g/mol. The molecule has 7 heteroatoms. The Morgan fingerprint density at radius 3 is 2.89 bits per heavy atom. The van der Waals surface area contributed by atoms with Crippen LogP contribution in [0.1, 0.15) is 24.5 Å². The van der Waals surface area contributed by atoms with Crippen LogP contribution in [0.5, 0.6) is 0 Å². The molecule has 0 unspecified atom stereocenters. The van der Waals surface area contributed by atoms with E-state index in [2.05, 4.69) is 51.5 Å². The fourth-order valence-electron chi connectivity index (χ4n) is 3.48. The SMILES string of the molecule is CCc1cccc2c(CCNC(N)=NCCCN3CCOCC3)c[nH]c12.I. The van der Waals surface area contributed by atoms with Crippen LogP contribution in [0.15, 0.2) is 29.4 Å². The average molecular weight is 485 g/mol. The highest BCUT2D eigenvalue weighted by atomic mass is 127. The lowest BCUT2D eigenvalue weighted by atomic mass is 10.1. The van der Waals surface area contributed by atoms with Crippen LogP contribution in [-0.4, -0.2) is 61.8 Å². The molecule has 0 saturated carbocycles. The highest BCUT2D eigenvalue weighted by Crippen LogP contribution is 2.22. The highest BCUT2D eigenvalue weighted by Gasteiger charge is 2.09. The summed E-state index contributed by atoms with van der Waals surface area (Å²) in [6.07, 6.45) is 5.11. The summed E-state index contributed by atoms with van der Waals surface area (Å²) in [5, 5.41) is 4.55. The van der Waals surface area contributed by atoms with Gasteiger partial charge in [0.2, 0.25) is 0 Å². The fourth-order valence-corrected chi connectivity index (χ4v) is 3.48. The number of fused-ring (bicyclic) bond motifs is 1. The van der Waals surface area contributed by atoms with Crippen molar-refractivity contribution in [2.24, 2.45) is 10.7 Å². The maximum atomic E-state index is 5.99. The number of aromatic amines is 1. The molecule has 6 nitrogen and oxygen atoms in total. The van der Waals surface area contributed by atoms with Crippen LogP contribution in [0.4, 0.5) is 0 Å². The number of ether oxygens (including phenoxy) is 1. The van der Waals surface area contributed by atoms with E-state index in [1.54, 1.807) is 0 Å². The number of nitrogens with one attached hydrogen (secondary N) is 2. The predicted octanol–water partition coefficient (Wildman–Crippen LogP) is 2.52. The Labute approximate surface area is 178 Å². The zero-order chi connectivity index (χ0) is 18.2. The highest BCUT2D eigenvalue weighted by molar-refractivity contribution is 14.0. The number of hydrogen-bond donors (Lipinski definition) is 3. The van der Waals surface area contributed by atoms with Crippen molar-refractivity contribution in [1.29, 1.82) is 0 Å². The van der Waals surface area contributed by atoms with E-state index in [9.17, 15) is 0 Å². The van der Waals surface area contributed by atoms with Crippen LogP contribution >= 0.6 is 24.0 Å². The van der Waals surface area contributed by atoms with Crippen LogP contribution in [0, 0.1) is 0 Å². The zero-order valence-electron chi connectivity index (χ0n) is 16.2. The van der Waals surface area contributed by atoms with Gasteiger partial charge >= 0.3 is 0 Å². The Morgan fingerprint density at radius 1 is 1.30 bits per heavy atom. The standard InChI is InChI=1S/C20H31N5O.HI/c1-2-16-5-3-6-18-17(15-24-19(16)18)7-9-23-20(21)22-8-4-10-25-11-13-26-14-12-25;/h3,5-6,15,24H,2,4,7-14H2,1H3,(H3,21,22,23);1H. The quantitative estimate of drug-likeness (QED) is 0.233. The molecule has 3 rings (SSSR count). The molecule has 2 aromatic rings. The van der Waals surface area contributed by atoms with E-state index in [4.69, 9.17) is 10.5 Å². The van der Waals surface area contributed by atoms with Gasteiger partial charge in [-0.2, -0.15) is 0 Å². The molecule has 2 heterocycles. The third kappa shape index (κ3) is 6.36. The number of halogens is 1. The van der Waals surface area contributed by atoms with E-state index < -0.39 is 0 Å². The molecule has 1 aliphatic rings. The number of nitrogens with two attached hydrogens (primary N) is 1. The van der Waals surface area contributed by atoms with Gasteiger partial charge in [-0.1, -0.05) is 25.1 Å². The Balaban J connectivity index is 0.00000261. The molecular formula is C20H32IN5O. The molecule has 4 N–H and O–H groups in total. The van der Waals surface area contributed by atoms with Crippen LogP contribution in [0.3, 0.4) is 0 Å². The van der Waals surface area contributed by atoms with E-state index in [1.807, 2.05) is 0 Å². The van der Waals surface area contributed by atoms with E-state index in [0.29, 0.717) is 5.96 Å². The Bertz CT molecular complexity index is 724. The number of morpholine rings is 1. The molecule has 1 aliphatic heterocycles. The van der Waals surface area contributed by atoms with E-state index in [0.717, 1.165) is 65.2 Å². The number of benzene rings is 1. The summed E-state index contributed by atoms with van der Waals surface area (Å²) in [6, 6.07) is 6.50. The topological polar surface area (TPSA) is 78.7 Å². The van der Waals surface area contributed by atoms with Crippen LogP contribution in [0.2, 0.25) is 0 Å². The lowest BCUT2D eigenvalue weighted by Crippen LogP contribution is -2.37. The van der Waals surface area contributed by atoms with E-state index >= 15 is 0 Å². The maximum absolute atomic E-state index is 5.99. The molecule has 0 amide bonds. The van der Waals surface area contributed by atoms with E-state index in [-0.39, 0.29) is 24.0 Å². The van der Waals surface area contributed by atoms with Crippen LogP contribution < -0.4 is 11.1 Å². The molecule has 1 aromatic heterocycles. The minimum absolute atomic E-state index is 0. The van der Waals surface area contributed by atoms with Crippen molar-refractivity contribution in [2.45, 2.75) is 26.2 Å². The van der Waals surface area contributed by atoms with Gasteiger partial charge < -0.3 is 20.8 Å². The molecule has 27 heavy (non-hydrogen) atoms. The summed E-state index contributed by atoms with van der Waals surface area (Å²) in [5.41, 5.74) is 9.93. The van der Waals surface area contributed by atoms with Gasteiger partial charge in [-0.05, 0) is 30.4 Å². The average Bonchev–Trinajstić information content (AvgIpc) is 3.09. The third-order valence-electron chi connectivity index (χ3n) is 4.99. The molecule has 0 spiro atoms. The van der Waals surface area contributed by atoms with Gasteiger partial charge in [0, 0.05) is 49.8 Å². The number of rotatable bonds is 8. The van der Waals surface area contributed by atoms with Crippen molar-refractivity contribution in [3.8, 4) is 0 Å². The smallest absolute Gasteiger partial charge is 0.188 e. The van der Waals surface area contributed by atoms with Gasteiger partial charge in [-0.25, -0.2) is 0 Å². The molecule has 150 valence electrons. The third-order valence-corrected chi connectivity index (χ3v) is 4.99. The molecule has 0 atom stereocenters. The molecule has 1 saturated heterocycles. The number of guanidine groups is 1. The lowest BCUT2D eigenvalue weighted by Gasteiger charge is -2.26. The Morgan fingerprint density at radius 2 is 2.11 bits per heavy atom. The van der Waals surface area contributed by atoms with Gasteiger partial charge in [0.1, 0.15) is 0 Å². The molecule has 0 radical (unpaired) electrons. The first-order valence-corrected chi connectivity index (χ1v) is 9.69. The predicted molar refractivity (Wildman–Crippen MR) is 123 cm³/mol. The summed E-state index contributed by atoms with van der Waals surface area (Å²) >= 11 is 0. The summed E-state index contributed by atoms with van der Waals surface area (Å²) in [5.74, 6) is 0.543. The number of aromatic nitrogens is 1. The number of H-pyrrole nitrogens is 1. The van der Waals surface area contributed by atoms with Crippen molar-refractivity contribution < 1.29 is 4.74 Å². The molecule has 1 aromatic carbocycles. The molecule has 0 bridgehead atoms. The number of para-hydroxylation sites is 1. The molecule has 1 fully saturated rings. The zero-order valence-corrected chi connectivity index (χ0v) is 18.5. The van der Waals surface area contributed by atoms with Gasteiger partial charge in [0.25, 0.3) is 0 Å². The normalized spacial score (nSPS) is 15.7. The first kappa shape index (κ1) is 22.0. The van der Waals surface area contributed by atoms with Gasteiger partial charge in [0.05, 0.1) is 13.2 Å². The summed E-state index contributed by atoms with van der Waals surface area (Å²) in [7, 11) is 0. The lowest BCUT2D eigenvalue weighted by molar-refractivity contribution is 0.0377. The second-order valence-electron chi connectivity index (χ2n) is 6.76. The van der Waals surface area contributed by atoms with Crippen molar-refractivity contribution in [2.75, 3.05) is 45.9 Å². The first-order chi connectivity index (χ1) is 12.8. The fraction of sp³-hybridized carbons (Fsp3) is 0.550. The Kier molecular flexibility index (Phi) is 9.36. The van der Waals surface area contributed by atoms with Gasteiger partial charge in [-0.15, -0.1) is 24.0 Å². The summed E-state index contributed by atoms with van der Waals surface area (Å²) in [4.78, 5) is 10.3. The summed E-state index contributed by atoms with van der Waals surface area (Å²) < 4.78 is 5.36. The van der Waals surface area contributed by atoms with Gasteiger partial charge in [0.15, 0.2) is 5.96 Å². The second kappa shape index (κ2) is 11.5. The number of nitrogens with zero attached hydrogens (tertiary/aromatic N) is 2. The van der Waals surface area contributed by atoms with Crippen molar-refractivity contribution in [3.63, 3.8) is 0 Å². The minimum Gasteiger partial charge on any atom is -0.379 e. The van der Waals surface area contributed by atoms with Crippen LogP contribution in [0.25, 0.3) is 10.9 Å². The minimum atomic E-state index is 0. The largest absolute Gasteiger partial charge is 0.379 e. The van der Waals surface area contributed by atoms with Crippen LogP contribution in [-0.2, 0) is 17.6 Å². The maximum Gasteiger partial charge on any atom is 0.188 e. The Hall–Kier alpha value is -1.32. The van der Waals surface area contributed by atoms with Crippen molar-refractivity contribution >= 4 is 40.8 Å². The number of aryl methyl sites for hydroxylation is 1. The van der Waals surface area contributed by atoms with Crippen molar-refractivity contribution in [3.05, 3.63) is 35.5 Å². The summed E-state index contributed by atoms with van der Waals surface area (Å²) in [6.45, 7) is 8.57. The van der Waals surface area contributed by atoms with Crippen molar-refractivity contribution in [1.82, 2.24) is 15.2 Å². The first-order valence-electron chi connectivity index (χ1n) is 9.69. The van der Waals surface area contributed by atoms with Gasteiger partial charge in [-0.3, -0.25) is 9.89 Å². The molecule has 0 aliphatic carbocycles. The van der Waals surface area contributed by atoms with E-state index in [1.165, 1.54) is 22.0 Å². The number of hydrogen-bond acceptors (Lipinski definition) is 3. The monoisotopic (exact) mass is 485 g/mol. The number of aliphatic imine (C=N–C) groups is 1.